The number of fused-ring (bicyclic) bond motifs is 1. The normalized spacial score (nSPS) is 12.3. The number of halogens is 1. The molecule has 0 bridgehead atoms. The summed E-state index contributed by atoms with van der Waals surface area (Å²) in [5, 5.41) is 21.7. The summed E-state index contributed by atoms with van der Waals surface area (Å²) in [6, 6.07) is 3.77. The number of aliphatic hydroxyl groups excluding tert-OH is 2. The fraction of sp³-hybridized carbons (Fsp3) is 0.308. The third kappa shape index (κ3) is 3.69. The van der Waals surface area contributed by atoms with E-state index in [0.29, 0.717) is 10.7 Å². The highest BCUT2D eigenvalue weighted by Gasteiger charge is 2.13. The van der Waals surface area contributed by atoms with Crippen LogP contribution in [0.15, 0.2) is 18.3 Å². The molecule has 112 valence electrons. The second-order valence-corrected chi connectivity index (χ2v) is 5.09. The number of rotatable bonds is 5. The van der Waals surface area contributed by atoms with Crippen LogP contribution in [-0.4, -0.2) is 48.5 Å². The number of hydrogen-bond donors (Lipinski definition) is 4. The van der Waals surface area contributed by atoms with Gasteiger partial charge in [-0.05, 0) is 6.07 Å². The van der Waals surface area contributed by atoms with Crippen LogP contribution in [0.25, 0.3) is 10.9 Å². The maximum Gasteiger partial charge on any atom is 0.411 e. The lowest BCUT2D eigenvalue weighted by molar-refractivity contribution is 0.0666. The lowest BCUT2D eigenvalue weighted by atomic mass is 9.94. The highest BCUT2D eigenvalue weighted by atomic mass is 35.5. The van der Waals surface area contributed by atoms with Gasteiger partial charge in [-0.1, -0.05) is 23.1 Å². The number of ether oxygens (including phenoxy) is 1. The minimum Gasteiger partial charge on any atom is -0.449 e. The Labute approximate surface area is 127 Å². The van der Waals surface area contributed by atoms with E-state index in [2.05, 4.69) is 10.3 Å². The van der Waals surface area contributed by atoms with Gasteiger partial charge in [0.05, 0.1) is 25.0 Å². The lowest BCUT2D eigenvalue weighted by Crippen LogP contribution is -2.19. The summed E-state index contributed by atoms with van der Waals surface area (Å²) >= 11 is 6.25. The largest absolute Gasteiger partial charge is 0.449 e. The Hall–Kier alpha value is -1.70. The van der Waals surface area contributed by atoms with Crippen molar-refractivity contribution < 1.29 is 19.7 Å². The number of carbonyl (C=O) groups is 1. The number of nitrogens with one attached hydrogen (secondary N) is 2. The molecule has 0 saturated carbocycles. The Morgan fingerprint density at radius 1 is 1.52 bits per heavy atom. The number of hydrogen-bond acceptors (Lipinski definition) is 4. The summed E-state index contributed by atoms with van der Waals surface area (Å²) in [5.74, 6) is 0. The number of aliphatic hydroxyl groups is 2. The number of benzene rings is 1. The van der Waals surface area contributed by atoms with Gasteiger partial charge in [-0.25, -0.2) is 4.79 Å². The van der Waals surface area contributed by atoms with Crippen LogP contribution < -0.4 is 10.8 Å². The summed E-state index contributed by atoms with van der Waals surface area (Å²) in [6.07, 6.45) is 0.291. The van der Waals surface area contributed by atoms with Crippen molar-refractivity contribution in [1.82, 2.24) is 4.98 Å². The maximum absolute atomic E-state index is 11.7. The molecule has 1 aromatic heterocycles. The summed E-state index contributed by atoms with van der Waals surface area (Å²) in [5.41, 5.74) is 2.26. The van der Waals surface area contributed by atoms with Gasteiger partial charge in [0, 0.05) is 28.5 Å². The van der Waals surface area contributed by atoms with Gasteiger partial charge >= 0.3 is 6.09 Å². The third-order valence-electron chi connectivity index (χ3n) is 3.11. The van der Waals surface area contributed by atoms with Crippen LogP contribution in [0.1, 0.15) is 6.42 Å². The van der Waals surface area contributed by atoms with E-state index in [9.17, 15) is 4.79 Å². The van der Waals surface area contributed by atoms with Gasteiger partial charge in [0.1, 0.15) is 7.85 Å². The molecular weight excluding hydrogens is 294 g/mol. The summed E-state index contributed by atoms with van der Waals surface area (Å²) in [7, 11) is 1.88. The summed E-state index contributed by atoms with van der Waals surface area (Å²) in [6.45, 7) is -0.342. The van der Waals surface area contributed by atoms with Gasteiger partial charge in [0.25, 0.3) is 0 Å². The molecular formula is C13H16BClN2O4. The standard InChI is InChI=1S/C13H16BClN2O4/c14-8-1-2-9-11(12(8)15)10(5-16-9)17-13(20)21-4-3-7(19)6-18/h1-2,5,7,16,18-19H,3-4,6,14H2,(H,17,20). The smallest absolute Gasteiger partial charge is 0.411 e. The number of amides is 1. The van der Waals surface area contributed by atoms with Gasteiger partial charge in [-0.2, -0.15) is 0 Å². The van der Waals surface area contributed by atoms with E-state index in [0.717, 1.165) is 16.4 Å². The van der Waals surface area contributed by atoms with E-state index < -0.39 is 12.2 Å². The summed E-state index contributed by atoms with van der Waals surface area (Å²) < 4.78 is 4.93. The van der Waals surface area contributed by atoms with Crippen molar-refractivity contribution in [2.24, 2.45) is 0 Å². The number of anilines is 1. The first kappa shape index (κ1) is 15.7. The fourth-order valence-electron chi connectivity index (χ4n) is 1.91. The third-order valence-corrected chi connectivity index (χ3v) is 3.60. The highest BCUT2D eigenvalue weighted by molar-refractivity contribution is 6.49. The molecule has 21 heavy (non-hydrogen) atoms. The van der Waals surface area contributed by atoms with E-state index in [1.807, 2.05) is 20.0 Å². The monoisotopic (exact) mass is 310 g/mol. The Morgan fingerprint density at radius 2 is 2.29 bits per heavy atom. The molecule has 1 atom stereocenters. The molecule has 0 aliphatic heterocycles. The molecule has 1 aromatic carbocycles. The second kappa shape index (κ2) is 6.84. The zero-order valence-corrected chi connectivity index (χ0v) is 12.3. The molecule has 6 nitrogen and oxygen atoms in total. The van der Waals surface area contributed by atoms with Crippen LogP contribution in [-0.2, 0) is 4.74 Å². The molecule has 4 N–H and O–H groups in total. The Bertz CT molecular complexity index is 646. The highest BCUT2D eigenvalue weighted by Crippen LogP contribution is 2.28. The molecule has 2 rings (SSSR count). The minimum atomic E-state index is -0.886. The Kier molecular flexibility index (Phi) is 5.11. The van der Waals surface area contributed by atoms with Crippen LogP contribution in [0.4, 0.5) is 10.5 Å². The molecule has 0 aliphatic rings. The predicted octanol–water partition coefficient (Wildman–Crippen LogP) is 0.372. The van der Waals surface area contributed by atoms with Crippen molar-refractivity contribution >= 4 is 47.6 Å². The van der Waals surface area contributed by atoms with E-state index in [1.165, 1.54) is 0 Å². The molecule has 0 radical (unpaired) electrons. The number of carbonyl (C=O) groups excluding carboxylic acids is 1. The van der Waals surface area contributed by atoms with E-state index in [1.54, 1.807) is 6.20 Å². The van der Waals surface area contributed by atoms with Gasteiger partial charge in [-0.15, -0.1) is 0 Å². The van der Waals surface area contributed by atoms with Gasteiger partial charge in [0.15, 0.2) is 0 Å². The first-order chi connectivity index (χ1) is 10.0. The molecule has 1 heterocycles. The van der Waals surface area contributed by atoms with Gasteiger partial charge in [0.2, 0.25) is 0 Å². The number of H-pyrrole nitrogens is 1. The topological polar surface area (TPSA) is 94.6 Å². The Balaban J connectivity index is 2.03. The van der Waals surface area contributed by atoms with Crippen molar-refractivity contribution in [2.45, 2.75) is 12.5 Å². The molecule has 1 unspecified atom stereocenters. The predicted molar refractivity (Wildman–Crippen MR) is 84.2 cm³/mol. The average molecular weight is 311 g/mol. The molecule has 8 heteroatoms. The number of aromatic amines is 1. The van der Waals surface area contributed by atoms with Crippen molar-refractivity contribution in [3.63, 3.8) is 0 Å². The molecule has 0 spiro atoms. The van der Waals surface area contributed by atoms with Crippen LogP contribution in [0.2, 0.25) is 5.02 Å². The first-order valence-electron chi connectivity index (χ1n) is 6.51. The molecule has 0 saturated heterocycles. The van der Waals surface area contributed by atoms with E-state index in [-0.39, 0.29) is 19.6 Å². The van der Waals surface area contributed by atoms with Gasteiger partial charge < -0.3 is 19.9 Å². The van der Waals surface area contributed by atoms with E-state index in [4.69, 9.17) is 26.6 Å². The van der Waals surface area contributed by atoms with Gasteiger partial charge in [-0.3, -0.25) is 5.32 Å². The molecule has 1 amide bonds. The van der Waals surface area contributed by atoms with Crippen molar-refractivity contribution in [1.29, 1.82) is 0 Å². The zero-order chi connectivity index (χ0) is 15.4. The first-order valence-corrected chi connectivity index (χ1v) is 6.89. The van der Waals surface area contributed by atoms with Crippen molar-refractivity contribution in [2.75, 3.05) is 18.5 Å². The minimum absolute atomic E-state index is 0.0165. The maximum atomic E-state index is 11.7. The SMILES string of the molecule is Bc1ccc2[nH]cc(NC(=O)OCCC(O)CO)c2c1Cl. The molecule has 2 aromatic rings. The van der Waals surface area contributed by atoms with Crippen LogP contribution in [0, 0.1) is 0 Å². The fourth-order valence-corrected chi connectivity index (χ4v) is 2.18. The number of aromatic nitrogens is 1. The van der Waals surface area contributed by atoms with E-state index >= 15 is 0 Å². The van der Waals surface area contributed by atoms with Crippen molar-refractivity contribution in [3.8, 4) is 0 Å². The molecule has 0 fully saturated rings. The average Bonchev–Trinajstić information content (AvgIpc) is 2.86. The summed E-state index contributed by atoms with van der Waals surface area (Å²) in [4.78, 5) is 14.7. The quantitative estimate of drug-likeness (QED) is 0.600. The second-order valence-electron chi connectivity index (χ2n) is 4.71. The van der Waals surface area contributed by atoms with Crippen LogP contribution in [0.5, 0.6) is 0 Å². The van der Waals surface area contributed by atoms with Crippen molar-refractivity contribution in [3.05, 3.63) is 23.4 Å². The lowest BCUT2D eigenvalue weighted by Gasteiger charge is -2.09. The Morgan fingerprint density at radius 3 is 3.00 bits per heavy atom. The van der Waals surface area contributed by atoms with Crippen LogP contribution in [0.3, 0.4) is 0 Å². The zero-order valence-electron chi connectivity index (χ0n) is 11.5. The van der Waals surface area contributed by atoms with Crippen LogP contribution >= 0.6 is 11.6 Å². The molecule has 0 aliphatic carbocycles.